The molecule has 0 atom stereocenters. The number of nitrogen functional groups attached to an aromatic ring is 1. The average Bonchev–Trinajstić information content (AvgIpc) is 2.09. The van der Waals surface area contributed by atoms with Crippen LogP contribution in [0.1, 0.15) is 12.0 Å². The highest BCUT2D eigenvalue weighted by Crippen LogP contribution is 2.29. The van der Waals surface area contributed by atoms with Crippen molar-refractivity contribution in [2.75, 3.05) is 24.2 Å². The largest absolute Gasteiger partial charge is 0.396 e. The first-order valence-electron chi connectivity index (χ1n) is 4.47. The Bertz CT molecular complexity index is 336. The van der Waals surface area contributed by atoms with Gasteiger partial charge in [-0.1, -0.05) is 0 Å². The van der Waals surface area contributed by atoms with Gasteiger partial charge in [0.25, 0.3) is 0 Å². The summed E-state index contributed by atoms with van der Waals surface area (Å²) in [5.41, 5.74) is 7.89. The third-order valence-corrected chi connectivity index (χ3v) is 2.55. The average molecular weight is 180 g/mol. The van der Waals surface area contributed by atoms with Crippen molar-refractivity contribution >= 4 is 11.4 Å². The number of nitrogens with two attached hydrogens (primary N) is 1. The summed E-state index contributed by atoms with van der Waals surface area (Å²) in [5.74, 6) is -0.297. The fraction of sp³-hybridized carbons (Fsp3) is 0.400. The summed E-state index contributed by atoms with van der Waals surface area (Å²) in [6.07, 6.45) is 2.05. The maximum Gasteiger partial charge on any atom is 0.146 e. The molecule has 0 aromatic heterocycles. The summed E-state index contributed by atoms with van der Waals surface area (Å²) in [6, 6.07) is 3.28. The predicted molar refractivity (Wildman–Crippen MR) is 52.4 cm³/mol. The van der Waals surface area contributed by atoms with Gasteiger partial charge in [0.05, 0.1) is 5.69 Å². The van der Waals surface area contributed by atoms with Gasteiger partial charge >= 0.3 is 0 Å². The van der Waals surface area contributed by atoms with Gasteiger partial charge in [-0.15, -0.1) is 0 Å². The molecule has 2 N–H and O–H groups in total. The van der Waals surface area contributed by atoms with E-state index in [2.05, 4.69) is 4.90 Å². The summed E-state index contributed by atoms with van der Waals surface area (Å²) >= 11 is 0. The summed E-state index contributed by atoms with van der Waals surface area (Å²) in [5, 5.41) is 0. The quantitative estimate of drug-likeness (QED) is 0.617. The van der Waals surface area contributed by atoms with Crippen molar-refractivity contribution in [2.24, 2.45) is 0 Å². The molecule has 0 bridgehead atoms. The van der Waals surface area contributed by atoms with Gasteiger partial charge in [0, 0.05) is 19.3 Å². The van der Waals surface area contributed by atoms with Crippen LogP contribution in [-0.2, 0) is 6.42 Å². The second-order valence-corrected chi connectivity index (χ2v) is 3.53. The van der Waals surface area contributed by atoms with Gasteiger partial charge in [-0.2, -0.15) is 0 Å². The van der Waals surface area contributed by atoms with Crippen molar-refractivity contribution in [1.29, 1.82) is 0 Å². The zero-order valence-electron chi connectivity index (χ0n) is 7.68. The second kappa shape index (κ2) is 2.91. The number of fused-ring (bicyclic) bond motifs is 1. The zero-order chi connectivity index (χ0) is 9.42. The maximum absolute atomic E-state index is 13.1. The van der Waals surface area contributed by atoms with Crippen molar-refractivity contribution in [3.8, 4) is 0 Å². The molecule has 0 fully saturated rings. The molecule has 1 aliphatic rings. The SMILES string of the molecule is CN1CCCc2cc(F)c(N)cc21. The van der Waals surface area contributed by atoms with E-state index in [0.29, 0.717) is 0 Å². The first-order chi connectivity index (χ1) is 6.18. The Morgan fingerprint density at radius 2 is 2.23 bits per heavy atom. The number of hydrogen-bond donors (Lipinski definition) is 1. The molecule has 0 aliphatic carbocycles. The number of benzene rings is 1. The van der Waals surface area contributed by atoms with Crippen LogP contribution < -0.4 is 10.6 Å². The normalized spacial score (nSPS) is 15.7. The van der Waals surface area contributed by atoms with E-state index >= 15 is 0 Å². The zero-order valence-corrected chi connectivity index (χ0v) is 7.68. The minimum absolute atomic E-state index is 0.243. The molecular weight excluding hydrogens is 167 g/mol. The van der Waals surface area contributed by atoms with E-state index in [1.165, 1.54) is 0 Å². The van der Waals surface area contributed by atoms with Crippen LogP contribution in [0.2, 0.25) is 0 Å². The summed E-state index contributed by atoms with van der Waals surface area (Å²) in [6.45, 7) is 1.03. The molecule has 0 amide bonds. The van der Waals surface area contributed by atoms with Crippen LogP contribution in [0.25, 0.3) is 0 Å². The molecule has 1 aliphatic heterocycles. The van der Waals surface area contributed by atoms with Crippen LogP contribution in [0.5, 0.6) is 0 Å². The lowest BCUT2D eigenvalue weighted by atomic mass is 10.0. The number of nitrogens with zero attached hydrogens (tertiary/aromatic N) is 1. The lowest BCUT2D eigenvalue weighted by molar-refractivity contribution is 0.626. The monoisotopic (exact) mass is 180 g/mol. The predicted octanol–water partition coefficient (Wildman–Crippen LogP) is 1.79. The third-order valence-electron chi connectivity index (χ3n) is 2.55. The van der Waals surface area contributed by atoms with Crippen molar-refractivity contribution < 1.29 is 4.39 Å². The Kier molecular flexibility index (Phi) is 1.87. The van der Waals surface area contributed by atoms with Gasteiger partial charge in [-0.05, 0) is 30.5 Å². The highest BCUT2D eigenvalue weighted by Gasteiger charge is 2.15. The highest BCUT2D eigenvalue weighted by molar-refractivity contribution is 5.62. The van der Waals surface area contributed by atoms with Gasteiger partial charge in [-0.25, -0.2) is 4.39 Å². The van der Waals surface area contributed by atoms with Gasteiger partial charge in [0.15, 0.2) is 0 Å². The first kappa shape index (κ1) is 8.35. The van der Waals surface area contributed by atoms with Gasteiger partial charge in [0.1, 0.15) is 5.82 Å². The summed E-state index contributed by atoms with van der Waals surface area (Å²) < 4.78 is 13.1. The Labute approximate surface area is 77.2 Å². The molecule has 0 radical (unpaired) electrons. The van der Waals surface area contributed by atoms with E-state index < -0.39 is 0 Å². The molecule has 0 saturated heterocycles. The van der Waals surface area contributed by atoms with E-state index in [4.69, 9.17) is 5.73 Å². The third kappa shape index (κ3) is 1.34. The van der Waals surface area contributed by atoms with Crippen LogP contribution in [0.4, 0.5) is 15.8 Å². The minimum atomic E-state index is -0.297. The standard InChI is InChI=1S/C10H13FN2/c1-13-4-2-3-7-5-8(11)9(12)6-10(7)13/h5-6H,2-4,12H2,1H3. The van der Waals surface area contributed by atoms with Crippen LogP contribution in [0.3, 0.4) is 0 Å². The Morgan fingerprint density at radius 3 is 3.00 bits per heavy atom. The molecule has 13 heavy (non-hydrogen) atoms. The molecule has 2 rings (SSSR count). The highest BCUT2D eigenvalue weighted by atomic mass is 19.1. The molecule has 0 saturated carbocycles. The minimum Gasteiger partial charge on any atom is -0.396 e. The molecule has 3 heteroatoms. The smallest absolute Gasteiger partial charge is 0.146 e. The molecule has 70 valence electrons. The molecule has 2 nitrogen and oxygen atoms in total. The molecule has 1 heterocycles. The summed E-state index contributed by atoms with van der Waals surface area (Å²) in [4.78, 5) is 2.12. The lowest BCUT2D eigenvalue weighted by Crippen LogP contribution is -2.24. The van der Waals surface area contributed by atoms with E-state index in [1.807, 2.05) is 7.05 Å². The van der Waals surface area contributed by atoms with Gasteiger partial charge in [-0.3, -0.25) is 0 Å². The number of anilines is 2. The maximum atomic E-state index is 13.1. The Morgan fingerprint density at radius 1 is 1.46 bits per heavy atom. The molecule has 0 spiro atoms. The Balaban J connectivity index is 2.52. The van der Waals surface area contributed by atoms with E-state index in [1.54, 1.807) is 12.1 Å². The van der Waals surface area contributed by atoms with Crippen LogP contribution in [-0.4, -0.2) is 13.6 Å². The second-order valence-electron chi connectivity index (χ2n) is 3.53. The molecular formula is C10H13FN2. The van der Waals surface area contributed by atoms with E-state index in [0.717, 1.165) is 30.6 Å². The van der Waals surface area contributed by atoms with Crippen LogP contribution >= 0.6 is 0 Å². The number of rotatable bonds is 0. The van der Waals surface area contributed by atoms with Crippen molar-refractivity contribution in [1.82, 2.24) is 0 Å². The molecule has 1 aromatic rings. The number of aryl methyl sites for hydroxylation is 1. The van der Waals surface area contributed by atoms with Crippen molar-refractivity contribution in [3.63, 3.8) is 0 Å². The molecule has 0 unspecified atom stereocenters. The van der Waals surface area contributed by atoms with Crippen molar-refractivity contribution in [2.45, 2.75) is 12.8 Å². The van der Waals surface area contributed by atoms with Gasteiger partial charge in [0.2, 0.25) is 0 Å². The fourth-order valence-electron chi connectivity index (χ4n) is 1.80. The molecule has 1 aromatic carbocycles. The fourth-order valence-corrected chi connectivity index (χ4v) is 1.80. The number of hydrogen-bond acceptors (Lipinski definition) is 2. The first-order valence-corrected chi connectivity index (χ1v) is 4.47. The topological polar surface area (TPSA) is 29.3 Å². The number of halogens is 1. The Hall–Kier alpha value is -1.25. The summed E-state index contributed by atoms with van der Waals surface area (Å²) in [7, 11) is 2.01. The van der Waals surface area contributed by atoms with Crippen LogP contribution in [0.15, 0.2) is 12.1 Å². The lowest BCUT2D eigenvalue weighted by Gasteiger charge is -2.27. The van der Waals surface area contributed by atoms with E-state index in [9.17, 15) is 4.39 Å². The van der Waals surface area contributed by atoms with Crippen molar-refractivity contribution in [3.05, 3.63) is 23.5 Å². The van der Waals surface area contributed by atoms with Crippen LogP contribution in [0, 0.1) is 5.82 Å². The van der Waals surface area contributed by atoms with Gasteiger partial charge < -0.3 is 10.6 Å². The van der Waals surface area contributed by atoms with E-state index in [-0.39, 0.29) is 11.5 Å².